The first kappa shape index (κ1) is 27.3. The third-order valence-corrected chi connectivity index (χ3v) is 4.54. The summed E-state index contributed by atoms with van der Waals surface area (Å²) in [5.74, 6) is -2.44. The molecule has 29 heavy (non-hydrogen) atoms. The second-order valence-corrected chi connectivity index (χ2v) is 8.76. The van der Waals surface area contributed by atoms with E-state index in [4.69, 9.17) is 9.84 Å². The minimum absolute atomic E-state index is 0.154. The van der Waals surface area contributed by atoms with E-state index >= 15 is 0 Å². The van der Waals surface area contributed by atoms with Crippen molar-refractivity contribution in [2.75, 3.05) is 27.7 Å². The Balaban J connectivity index is 3.85. The van der Waals surface area contributed by atoms with Crippen molar-refractivity contribution >= 4 is 17.9 Å². The number of hydrogen-bond acceptors (Lipinski definition) is 6. The van der Waals surface area contributed by atoms with Crippen LogP contribution in [0.2, 0.25) is 0 Å². The quantitative estimate of drug-likeness (QED) is 0.197. The molecule has 0 aliphatic rings. The second-order valence-electron chi connectivity index (χ2n) is 8.76. The molecule has 0 aromatic heterocycles. The number of carbonyl (C=O) groups is 3. The first-order valence-electron chi connectivity index (χ1n) is 10.6. The van der Waals surface area contributed by atoms with Crippen molar-refractivity contribution in [2.24, 2.45) is 0 Å². The van der Waals surface area contributed by atoms with Gasteiger partial charge in [-0.05, 0) is 25.7 Å². The minimum atomic E-state index is -1.24. The van der Waals surface area contributed by atoms with Crippen molar-refractivity contribution < 1.29 is 38.9 Å². The maximum Gasteiger partial charge on any atom is 0.306 e. The van der Waals surface area contributed by atoms with E-state index in [1.165, 1.54) is 0 Å². The van der Waals surface area contributed by atoms with Crippen LogP contribution >= 0.6 is 0 Å². The maximum atomic E-state index is 12.0. The Morgan fingerprint density at radius 2 is 1.45 bits per heavy atom. The molecule has 170 valence electrons. The van der Waals surface area contributed by atoms with Gasteiger partial charge in [0.2, 0.25) is 0 Å². The molecule has 0 aromatic carbocycles. The number of aliphatic hydroxyl groups is 1. The zero-order chi connectivity index (χ0) is 22.3. The van der Waals surface area contributed by atoms with Crippen LogP contribution in [0.25, 0.3) is 0 Å². The van der Waals surface area contributed by atoms with Gasteiger partial charge in [0.15, 0.2) is 6.10 Å². The molecule has 0 saturated carbocycles. The lowest BCUT2D eigenvalue weighted by Crippen LogP contribution is -2.45. The fourth-order valence-electron chi connectivity index (χ4n) is 3.17. The van der Waals surface area contributed by atoms with Crippen LogP contribution in [0.1, 0.15) is 77.0 Å². The van der Waals surface area contributed by atoms with Crippen LogP contribution in [0.3, 0.4) is 0 Å². The zero-order valence-electron chi connectivity index (χ0n) is 18.2. The number of carboxylic acids is 2. The second kappa shape index (κ2) is 15.2. The molecule has 0 radical (unpaired) electrons. The third-order valence-electron chi connectivity index (χ3n) is 4.54. The molecule has 0 heterocycles. The number of hydrogen-bond donors (Lipinski definition) is 2. The summed E-state index contributed by atoms with van der Waals surface area (Å²) in [5, 5.41) is 29.4. The number of carboxylic acid groups (broad SMARTS) is 2. The Morgan fingerprint density at radius 3 is 2.00 bits per heavy atom. The highest BCUT2D eigenvalue weighted by Crippen LogP contribution is 2.14. The van der Waals surface area contributed by atoms with Crippen molar-refractivity contribution in [2.45, 2.75) is 89.3 Å². The third kappa shape index (κ3) is 19.4. The average molecular weight is 418 g/mol. The number of unbranched alkanes of at least 4 members (excludes halogenated alkanes) is 5. The van der Waals surface area contributed by atoms with Gasteiger partial charge in [-0.25, -0.2) is 0 Å². The number of rotatable bonds is 18. The normalized spacial score (nSPS) is 13.7. The van der Waals surface area contributed by atoms with Gasteiger partial charge in [-0.3, -0.25) is 9.59 Å². The summed E-state index contributed by atoms with van der Waals surface area (Å²) in [5.41, 5.74) is 0. The van der Waals surface area contributed by atoms with Gasteiger partial charge >= 0.3 is 11.9 Å². The topological polar surface area (TPSA) is 124 Å². The number of likely N-dealkylation sites (N-methyl/N-ethyl adjacent to an activating group) is 1. The number of carbonyl (C=O) groups excluding carboxylic acids is 2. The predicted octanol–water partition coefficient (Wildman–Crippen LogP) is 1.48. The van der Waals surface area contributed by atoms with E-state index in [1.807, 2.05) is 21.1 Å². The smallest absolute Gasteiger partial charge is 0.306 e. The van der Waals surface area contributed by atoms with E-state index < -0.39 is 30.1 Å². The first-order chi connectivity index (χ1) is 13.5. The van der Waals surface area contributed by atoms with Crippen LogP contribution in [0.15, 0.2) is 0 Å². The highest BCUT2D eigenvalue weighted by molar-refractivity contribution is 5.70. The van der Waals surface area contributed by atoms with Crippen LogP contribution in [0.4, 0.5) is 0 Å². The summed E-state index contributed by atoms with van der Waals surface area (Å²) in [4.78, 5) is 33.2. The Labute approximate surface area is 174 Å². The maximum absolute atomic E-state index is 12.0. The van der Waals surface area contributed by atoms with Gasteiger partial charge in [0.25, 0.3) is 0 Å². The zero-order valence-corrected chi connectivity index (χ0v) is 18.2. The lowest BCUT2D eigenvalue weighted by atomic mass is 10.0. The molecule has 0 aromatic rings. The molecule has 0 amide bonds. The number of esters is 1. The van der Waals surface area contributed by atoms with Gasteiger partial charge in [0, 0.05) is 25.2 Å². The molecule has 8 heteroatoms. The molecule has 0 fully saturated rings. The number of nitrogens with zero attached hydrogens (tertiary/aromatic N) is 1. The summed E-state index contributed by atoms with van der Waals surface area (Å²) < 4.78 is 5.76. The van der Waals surface area contributed by atoms with Crippen molar-refractivity contribution in [1.82, 2.24) is 0 Å². The van der Waals surface area contributed by atoms with Gasteiger partial charge in [-0.1, -0.05) is 32.1 Å². The number of aliphatic hydroxyl groups excluding tert-OH is 1. The summed E-state index contributed by atoms with van der Waals surface area (Å²) in [6.45, 7) is 0.388. The van der Waals surface area contributed by atoms with E-state index in [1.54, 1.807) is 0 Å². The standard InChI is InChI=1S/C21H39NO7/c1-22(2,3)16-18(15-20(26)27)29-21(28)14-10-12-17(23)11-8-6-4-5-7-9-13-19(24)25/h17-18,23H,4-16H2,1-3H3,(H-,24,25,26,27). The molecular weight excluding hydrogens is 378 g/mol. The Bertz CT molecular complexity index is 488. The molecule has 2 N–H and O–H groups in total. The highest BCUT2D eigenvalue weighted by atomic mass is 16.5. The lowest BCUT2D eigenvalue weighted by molar-refractivity contribution is -0.873. The molecule has 8 nitrogen and oxygen atoms in total. The van der Waals surface area contributed by atoms with E-state index in [2.05, 4.69) is 0 Å². The minimum Gasteiger partial charge on any atom is -0.550 e. The van der Waals surface area contributed by atoms with E-state index in [-0.39, 0.29) is 19.3 Å². The monoisotopic (exact) mass is 417 g/mol. The van der Waals surface area contributed by atoms with Gasteiger partial charge in [-0.2, -0.15) is 0 Å². The fraction of sp³-hybridized carbons (Fsp3) is 0.857. The van der Waals surface area contributed by atoms with Crippen molar-refractivity contribution in [1.29, 1.82) is 0 Å². The SMILES string of the molecule is C[N+](C)(C)CC(CC(=O)[O-])OC(=O)CCCC(O)CCCCCCCCC(=O)O. The molecule has 0 spiro atoms. The Hall–Kier alpha value is -1.67. The van der Waals surface area contributed by atoms with Crippen molar-refractivity contribution in [3.8, 4) is 0 Å². The van der Waals surface area contributed by atoms with Crippen LogP contribution in [-0.4, -0.2) is 72.5 Å². The molecule has 0 saturated heterocycles. The number of quaternary nitrogens is 1. The Kier molecular flexibility index (Phi) is 14.3. The van der Waals surface area contributed by atoms with Crippen LogP contribution in [0, 0.1) is 0 Å². The summed E-state index contributed by atoms with van der Waals surface area (Å²) in [7, 11) is 5.67. The van der Waals surface area contributed by atoms with Gasteiger partial charge < -0.3 is 29.3 Å². The van der Waals surface area contributed by atoms with Gasteiger partial charge in [0.05, 0.1) is 27.2 Å². The molecule has 2 atom stereocenters. The average Bonchev–Trinajstić information content (AvgIpc) is 2.54. The molecule has 0 aliphatic carbocycles. The summed E-state index contributed by atoms with van der Waals surface area (Å²) in [6.07, 6.45) is 6.16. The van der Waals surface area contributed by atoms with Gasteiger partial charge in [-0.15, -0.1) is 0 Å². The largest absolute Gasteiger partial charge is 0.550 e. The van der Waals surface area contributed by atoms with Crippen molar-refractivity contribution in [3.63, 3.8) is 0 Å². The lowest BCUT2D eigenvalue weighted by Gasteiger charge is -2.29. The summed E-state index contributed by atoms with van der Waals surface area (Å²) in [6, 6.07) is 0. The molecular formula is C21H39NO7. The van der Waals surface area contributed by atoms with Gasteiger partial charge in [0.1, 0.15) is 6.54 Å². The molecule has 0 aliphatic heterocycles. The molecule has 0 rings (SSSR count). The number of ether oxygens (including phenoxy) is 1. The van der Waals surface area contributed by atoms with E-state index in [9.17, 15) is 24.6 Å². The Morgan fingerprint density at radius 1 is 0.897 bits per heavy atom. The summed E-state index contributed by atoms with van der Waals surface area (Å²) >= 11 is 0. The first-order valence-corrected chi connectivity index (χ1v) is 10.6. The predicted molar refractivity (Wildman–Crippen MR) is 107 cm³/mol. The van der Waals surface area contributed by atoms with E-state index in [0.717, 1.165) is 32.1 Å². The van der Waals surface area contributed by atoms with Crippen LogP contribution < -0.4 is 5.11 Å². The van der Waals surface area contributed by atoms with E-state index in [0.29, 0.717) is 36.7 Å². The molecule has 2 unspecified atom stereocenters. The highest BCUT2D eigenvalue weighted by Gasteiger charge is 2.22. The van der Waals surface area contributed by atoms with Crippen LogP contribution in [0.5, 0.6) is 0 Å². The van der Waals surface area contributed by atoms with Crippen molar-refractivity contribution in [3.05, 3.63) is 0 Å². The van der Waals surface area contributed by atoms with Crippen LogP contribution in [-0.2, 0) is 19.1 Å². The fourth-order valence-corrected chi connectivity index (χ4v) is 3.17. The number of aliphatic carboxylic acids is 2. The molecule has 0 bridgehead atoms.